The summed E-state index contributed by atoms with van der Waals surface area (Å²) in [4.78, 5) is 36.1. The van der Waals surface area contributed by atoms with E-state index < -0.39 is 24.9 Å². The second-order valence-corrected chi connectivity index (χ2v) is 5.01. The van der Waals surface area contributed by atoms with Crippen molar-refractivity contribution in [2.75, 3.05) is 20.1 Å². The van der Waals surface area contributed by atoms with Crippen LogP contribution in [0.1, 0.15) is 5.56 Å². The van der Waals surface area contributed by atoms with Crippen LogP contribution >= 0.6 is 0 Å². The first-order chi connectivity index (χ1) is 10.1. The number of hydrogen-bond donors (Lipinski definition) is 0. The van der Waals surface area contributed by atoms with E-state index in [4.69, 9.17) is 9.31 Å². The molecule has 1 heterocycles. The van der Waals surface area contributed by atoms with Gasteiger partial charge in [-0.25, -0.2) is 0 Å². The molecule has 7 heteroatoms. The van der Waals surface area contributed by atoms with Crippen LogP contribution in [0, 0.1) is 0 Å². The molecule has 0 N–H and O–H groups in total. The molecule has 21 heavy (non-hydrogen) atoms. The lowest BCUT2D eigenvalue weighted by molar-refractivity contribution is -0.145. The predicted molar refractivity (Wildman–Crippen MR) is 75.4 cm³/mol. The van der Waals surface area contributed by atoms with Gasteiger partial charge in [-0.2, -0.15) is 0 Å². The van der Waals surface area contributed by atoms with E-state index in [0.29, 0.717) is 12.7 Å². The van der Waals surface area contributed by atoms with Crippen LogP contribution in [0.15, 0.2) is 30.3 Å². The SMILES string of the molecule is CN1CC(=O)OB(C(C=O)Cc2ccccc2)OC(=O)C1. The Morgan fingerprint density at radius 1 is 1.19 bits per heavy atom. The van der Waals surface area contributed by atoms with Crippen LogP contribution in [0.3, 0.4) is 0 Å². The number of benzene rings is 1. The van der Waals surface area contributed by atoms with Crippen LogP contribution in [0.5, 0.6) is 0 Å². The maximum Gasteiger partial charge on any atom is 0.609 e. The van der Waals surface area contributed by atoms with Gasteiger partial charge in [-0.3, -0.25) is 14.5 Å². The van der Waals surface area contributed by atoms with E-state index in [1.165, 1.54) is 4.90 Å². The minimum absolute atomic E-state index is 0.0114. The summed E-state index contributed by atoms with van der Waals surface area (Å²) >= 11 is 0. The van der Waals surface area contributed by atoms with Gasteiger partial charge >= 0.3 is 19.1 Å². The molecule has 1 aromatic rings. The first-order valence-electron chi connectivity index (χ1n) is 6.65. The fourth-order valence-electron chi connectivity index (χ4n) is 2.12. The maximum absolute atomic E-state index is 11.7. The number of aldehydes is 1. The molecule has 0 amide bonds. The normalized spacial score (nSPS) is 18.2. The molecule has 2 rings (SSSR count). The number of carbonyl (C=O) groups is 3. The van der Waals surface area contributed by atoms with Gasteiger partial charge in [-0.05, 0) is 19.0 Å². The van der Waals surface area contributed by atoms with Crippen molar-refractivity contribution in [2.24, 2.45) is 0 Å². The van der Waals surface area contributed by atoms with Crippen molar-refractivity contribution in [2.45, 2.75) is 12.2 Å². The summed E-state index contributed by atoms with van der Waals surface area (Å²) < 4.78 is 10.2. The molecule has 0 aliphatic carbocycles. The van der Waals surface area contributed by atoms with Gasteiger partial charge in [0.05, 0.1) is 18.9 Å². The number of hydrogen-bond acceptors (Lipinski definition) is 6. The molecule has 1 saturated heterocycles. The third kappa shape index (κ3) is 4.42. The Hall–Kier alpha value is -2.15. The standard InChI is InChI=1S/C14H16BNO5/c1-16-8-13(18)20-15(21-14(19)9-16)12(10-17)7-11-5-3-2-4-6-11/h2-6,10,12H,7-9H2,1H3. The second kappa shape index (κ2) is 7.03. The van der Waals surface area contributed by atoms with Gasteiger partial charge in [0.1, 0.15) is 6.29 Å². The first-order valence-corrected chi connectivity index (χ1v) is 6.65. The van der Waals surface area contributed by atoms with Crippen molar-refractivity contribution < 1.29 is 23.7 Å². The molecule has 0 radical (unpaired) electrons. The summed E-state index contributed by atoms with van der Waals surface area (Å²) in [5, 5.41) is 0. The van der Waals surface area contributed by atoms with Crippen LogP contribution in [0.2, 0.25) is 5.82 Å². The van der Waals surface area contributed by atoms with Gasteiger partial charge in [0.2, 0.25) is 0 Å². The summed E-state index contributed by atoms with van der Waals surface area (Å²) in [7, 11) is 0.445. The molecule has 0 aromatic heterocycles. The van der Waals surface area contributed by atoms with Crippen molar-refractivity contribution in [3.05, 3.63) is 35.9 Å². The van der Waals surface area contributed by atoms with E-state index in [-0.39, 0.29) is 13.1 Å². The van der Waals surface area contributed by atoms with Gasteiger partial charge in [-0.15, -0.1) is 0 Å². The molecule has 1 fully saturated rings. The average molecular weight is 289 g/mol. The van der Waals surface area contributed by atoms with Gasteiger partial charge in [-0.1, -0.05) is 30.3 Å². The summed E-state index contributed by atoms with van der Waals surface area (Å²) in [6.45, 7) is -0.0228. The summed E-state index contributed by atoms with van der Waals surface area (Å²) in [5.41, 5.74) is 0.904. The van der Waals surface area contributed by atoms with E-state index in [0.717, 1.165) is 5.56 Å². The van der Waals surface area contributed by atoms with Crippen LogP contribution in [0.4, 0.5) is 0 Å². The Balaban J connectivity index is 2.10. The number of carbonyl (C=O) groups excluding carboxylic acids is 3. The highest BCUT2D eigenvalue weighted by Crippen LogP contribution is 2.18. The molecule has 1 aliphatic rings. The quantitative estimate of drug-likeness (QED) is 0.587. The zero-order chi connectivity index (χ0) is 15.2. The maximum atomic E-state index is 11.7. The van der Waals surface area contributed by atoms with E-state index in [2.05, 4.69) is 0 Å². The molecule has 1 aromatic carbocycles. The molecule has 6 nitrogen and oxygen atoms in total. The van der Waals surface area contributed by atoms with Crippen LogP contribution < -0.4 is 0 Å². The highest BCUT2D eigenvalue weighted by molar-refractivity contribution is 6.54. The molecular weight excluding hydrogens is 273 g/mol. The van der Waals surface area contributed by atoms with Crippen LogP contribution in [-0.2, 0) is 30.1 Å². The first kappa shape index (κ1) is 15.2. The lowest BCUT2D eigenvalue weighted by Crippen LogP contribution is -2.45. The van der Waals surface area contributed by atoms with Crippen molar-refractivity contribution in [1.29, 1.82) is 0 Å². The predicted octanol–water partition coefficient (Wildman–Crippen LogP) is 0.318. The minimum atomic E-state index is -1.17. The number of rotatable bonds is 4. The fraction of sp³-hybridized carbons (Fsp3) is 0.357. The molecule has 0 spiro atoms. The highest BCUT2D eigenvalue weighted by Gasteiger charge is 2.39. The Morgan fingerprint density at radius 2 is 1.76 bits per heavy atom. The molecule has 1 aliphatic heterocycles. The van der Waals surface area contributed by atoms with Gasteiger partial charge in [0.15, 0.2) is 0 Å². The lowest BCUT2D eigenvalue weighted by atomic mass is 9.69. The molecular formula is C14H16BNO5. The van der Waals surface area contributed by atoms with Crippen LogP contribution in [0.25, 0.3) is 0 Å². The molecule has 110 valence electrons. The molecule has 0 bridgehead atoms. The fourth-order valence-corrected chi connectivity index (χ4v) is 2.12. The van der Waals surface area contributed by atoms with Gasteiger partial charge in [0, 0.05) is 0 Å². The largest absolute Gasteiger partial charge is 0.609 e. The minimum Gasteiger partial charge on any atom is -0.498 e. The summed E-state index contributed by atoms with van der Waals surface area (Å²) in [5.74, 6) is -1.76. The Kier molecular flexibility index (Phi) is 5.11. The molecule has 1 atom stereocenters. The van der Waals surface area contributed by atoms with Gasteiger partial charge in [0.25, 0.3) is 0 Å². The highest BCUT2D eigenvalue weighted by atomic mass is 16.6. The molecule has 0 saturated carbocycles. The second-order valence-electron chi connectivity index (χ2n) is 5.01. The Morgan fingerprint density at radius 3 is 2.29 bits per heavy atom. The summed E-state index contributed by atoms with van der Waals surface area (Å²) in [6, 6.07) is 9.28. The van der Waals surface area contributed by atoms with Crippen molar-refractivity contribution in [1.82, 2.24) is 4.90 Å². The third-order valence-electron chi connectivity index (χ3n) is 3.13. The average Bonchev–Trinajstić information content (AvgIpc) is 2.43. The monoisotopic (exact) mass is 289 g/mol. The van der Waals surface area contributed by atoms with E-state index in [1.54, 1.807) is 7.05 Å². The smallest absolute Gasteiger partial charge is 0.498 e. The van der Waals surface area contributed by atoms with Crippen molar-refractivity contribution in [3.63, 3.8) is 0 Å². The number of likely N-dealkylation sites (N-methyl/N-ethyl adjacent to an activating group) is 1. The van der Waals surface area contributed by atoms with E-state index >= 15 is 0 Å². The van der Waals surface area contributed by atoms with E-state index in [9.17, 15) is 14.4 Å². The topological polar surface area (TPSA) is 72.9 Å². The van der Waals surface area contributed by atoms with Gasteiger partial charge < -0.3 is 14.1 Å². The zero-order valence-electron chi connectivity index (χ0n) is 11.7. The van der Waals surface area contributed by atoms with Crippen molar-refractivity contribution in [3.8, 4) is 0 Å². The summed E-state index contributed by atoms with van der Waals surface area (Å²) in [6.07, 6.45) is 0.995. The molecule has 1 unspecified atom stereocenters. The number of nitrogens with zero attached hydrogens (tertiary/aromatic N) is 1. The Labute approximate surface area is 123 Å². The zero-order valence-corrected chi connectivity index (χ0v) is 11.7. The van der Waals surface area contributed by atoms with E-state index in [1.807, 2.05) is 30.3 Å². The lowest BCUT2D eigenvalue weighted by Gasteiger charge is -2.24. The van der Waals surface area contributed by atoms with Crippen molar-refractivity contribution >= 4 is 25.3 Å². The van der Waals surface area contributed by atoms with Crippen LogP contribution in [-0.4, -0.2) is 50.4 Å². The third-order valence-corrected chi connectivity index (χ3v) is 3.13. The Bertz CT molecular complexity index is 501.